The van der Waals surface area contributed by atoms with E-state index < -0.39 is 0 Å². The Morgan fingerprint density at radius 2 is 2.33 bits per heavy atom. The Labute approximate surface area is 108 Å². The zero-order valence-electron chi connectivity index (χ0n) is 11.2. The van der Waals surface area contributed by atoms with E-state index >= 15 is 0 Å². The Hall–Kier alpha value is -0.870. The van der Waals surface area contributed by atoms with Gasteiger partial charge < -0.3 is 15.0 Å². The molecule has 0 radical (unpaired) electrons. The fourth-order valence-electron chi connectivity index (χ4n) is 3.59. The van der Waals surface area contributed by atoms with E-state index in [1.165, 1.54) is 30.7 Å². The smallest absolute Gasteiger partial charge is 0.0954 e. The summed E-state index contributed by atoms with van der Waals surface area (Å²) < 4.78 is 2.39. The number of aliphatic hydroxyl groups excluding tert-OH is 1. The fraction of sp³-hybridized carbons (Fsp3) is 0.786. The molecule has 2 aliphatic carbocycles. The number of fused-ring (bicyclic) bond motifs is 1. The van der Waals surface area contributed by atoms with Gasteiger partial charge in [0.2, 0.25) is 0 Å². The maximum absolute atomic E-state index is 9.58. The van der Waals surface area contributed by atoms with Crippen LogP contribution in [-0.2, 0) is 12.8 Å². The average molecular weight is 249 g/mol. The van der Waals surface area contributed by atoms with Crippen molar-refractivity contribution in [3.05, 3.63) is 17.7 Å². The maximum Gasteiger partial charge on any atom is 0.0954 e. The Morgan fingerprint density at radius 3 is 3.06 bits per heavy atom. The predicted octanol–water partition coefficient (Wildman–Crippen LogP) is 1.44. The number of likely N-dealkylation sites (N-methyl/N-ethyl adjacent to an activating group) is 1. The molecule has 0 aliphatic heterocycles. The third-order valence-electron chi connectivity index (χ3n) is 4.87. The molecule has 0 bridgehead atoms. The van der Waals surface area contributed by atoms with Crippen LogP contribution in [0.25, 0.3) is 0 Å². The second-order valence-electron chi connectivity index (χ2n) is 5.84. The Bertz CT molecular complexity index is 423. The third-order valence-corrected chi connectivity index (χ3v) is 4.87. The first-order chi connectivity index (χ1) is 8.78. The molecule has 18 heavy (non-hydrogen) atoms. The number of aromatic nitrogens is 2. The van der Waals surface area contributed by atoms with E-state index in [0.29, 0.717) is 6.04 Å². The number of hydrogen-bond donors (Lipinski definition) is 2. The van der Waals surface area contributed by atoms with Crippen LogP contribution in [0.5, 0.6) is 0 Å². The standard InChI is InChI=1S/C14H23N3O/c1-15-14(9-18)7-6-11(8-14)17-10-16-12-4-2-3-5-13(12)17/h10-11,15,18H,2-9H2,1H3. The van der Waals surface area contributed by atoms with Crippen molar-refractivity contribution in [2.75, 3.05) is 13.7 Å². The summed E-state index contributed by atoms with van der Waals surface area (Å²) in [4.78, 5) is 4.58. The number of rotatable bonds is 3. The van der Waals surface area contributed by atoms with Crippen LogP contribution in [-0.4, -0.2) is 33.9 Å². The van der Waals surface area contributed by atoms with E-state index in [0.717, 1.165) is 25.7 Å². The number of nitrogens with one attached hydrogen (secondary N) is 1. The molecule has 2 atom stereocenters. The van der Waals surface area contributed by atoms with Gasteiger partial charge in [0, 0.05) is 17.3 Å². The monoisotopic (exact) mass is 249 g/mol. The minimum absolute atomic E-state index is 0.0729. The average Bonchev–Trinajstić information content (AvgIpc) is 3.03. The largest absolute Gasteiger partial charge is 0.394 e. The molecule has 1 fully saturated rings. The highest BCUT2D eigenvalue weighted by atomic mass is 16.3. The first-order valence-electron chi connectivity index (χ1n) is 7.12. The summed E-state index contributed by atoms with van der Waals surface area (Å²) in [7, 11) is 1.96. The van der Waals surface area contributed by atoms with E-state index in [1.807, 2.05) is 13.4 Å². The maximum atomic E-state index is 9.58. The van der Waals surface area contributed by atoms with Crippen molar-refractivity contribution in [2.24, 2.45) is 0 Å². The number of nitrogens with zero attached hydrogens (tertiary/aromatic N) is 2. The number of hydrogen-bond acceptors (Lipinski definition) is 3. The molecule has 0 spiro atoms. The lowest BCUT2D eigenvalue weighted by Crippen LogP contribution is -2.44. The molecule has 1 aromatic rings. The van der Waals surface area contributed by atoms with Gasteiger partial charge in [-0.3, -0.25) is 0 Å². The van der Waals surface area contributed by atoms with E-state index in [2.05, 4.69) is 14.9 Å². The summed E-state index contributed by atoms with van der Waals surface area (Å²) in [6.07, 6.45) is 10.1. The van der Waals surface area contributed by atoms with Crippen LogP contribution in [0.3, 0.4) is 0 Å². The van der Waals surface area contributed by atoms with Gasteiger partial charge in [-0.05, 0) is 52.0 Å². The first-order valence-corrected chi connectivity index (χ1v) is 7.12. The van der Waals surface area contributed by atoms with Gasteiger partial charge in [-0.25, -0.2) is 4.98 Å². The van der Waals surface area contributed by atoms with E-state index in [1.54, 1.807) is 0 Å². The van der Waals surface area contributed by atoms with Gasteiger partial charge in [0.05, 0.1) is 18.6 Å². The fourth-order valence-corrected chi connectivity index (χ4v) is 3.59. The number of imidazole rings is 1. The van der Waals surface area contributed by atoms with Crippen LogP contribution in [0.2, 0.25) is 0 Å². The SMILES string of the molecule is CNC1(CO)CCC(n2cnc3c2CCCC3)C1. The number of aliphatic hydroxyl groups is 1. The van der Waals surface area contributed by atoms with Crippen LogP contribution in [0.4, 0.5) is 0 Å². The lowest BCUT2D eigenvalue weighted by Gasteiger charge is -2.27. The molecule has 1 saturated carbocycles. The Morgan fingerprint density at radius 1 is 1.50 bits per heavy atom. The highest BCUT2D eigenvalue weighted by Crippen LogP contribution is 2.39. The number of aryl methyl sites for hydroxylation is 1. The molecule has 100 valence electrons. The van der Waals surface area contributed by atoms with Gasteiger partial charge in [0.1, 0.15) is 0 Å². The van der Waals surface area contributed by atoms with Crippen molar-refractivity contribution >= 4 is 0 Å². The summed E-state index contributed by atoms with van der Waals surface area (Å²) >= 11 is 0. The van der Waals surface area contributed by atoms with Crippen LogP contribution >= 0.6 is 0 Å². The quantitative estimate of drug-likeness (QED) is 0.852. The molecule has 1 aromatic heterocycles. The molecule has 0 saturated heterocycles. The topological polar surface area (TPSA) is 50.1 Å². The van der Waals surface area contributed by atoms with Crippen LogP contribution in [0.1, 0.15) is 49.5 Å². The van der Waals surface area contributed by atoms with Crippen molar-refractivity contribution in [3.8, 4) is 0 Å². The lowest BCUT2D eigenvalue weighted by atomic mass is 9.98. The van der Waals surface area contributed by atoms with Crippen molar-refractivity contribution < 1.29 is 5.11 Å². The molecule has 2 aliphatic rings. The minimum Gasteiger partial charge on any atom is -0.394 e. The molecule has 3 rings (SSSR count). The highest BCUT2D eigenvalue weighted by Gasteiger charge is 2.39. The summed E-state index contributed by atoms with van der Waals surface area (Å²) in [5.41, 5.74) is 2.69. The molecule has 4 nitrogen and oxygen atoms in total. The molecular formula is C14H23N3O. The predicted molar refractivity (Wildman–Crippen MR) is 70.6 cm³/mol. The van der Waals surface area contributed by atoms with Gasteiger partial charge in [-0.1, -0.05) is 0 Å². The first kappa shape index (κ1) is 12.2. The molecule has 2 unspecified atom stereocenters. The second-order valence-corrected chi connectivity index (χ2v) is 5.84. The molecule has 1 heterocycles. The van der Waals surface area contributed by atoms with Gasteiger partial charge in [-0.2, -0.15) is 0 Å². The van der Waals surface area contributed by atoms with E-state index in [9.17, 15) is 5.11 Å². The summed E-state index contributed by atoms with van der Waals surface area (Å²) in [6.45, 7) is 0.233. The third kappa shape index (κ3) is 1.88. The van der Waals surface area contributed by atoms with Gasteiger partial charge in [0.25, 0.3) is 0 Å². The molecule has 2 N–H and O–H groups in total. The molecule has 4 heteroatoms. The zero-order chi connectivity index (χ0) is 12.6. The van der Waals surface area contributed by atoms with Crippen LogP contribution in [0, 0.1) is 0 Å². The van der Waals surface area contributed by atoms with Crippen LogP contribution < -0.4 is 5.32 Å². The van der Waals surface area contributed by atoms with Crippen molar-refractivity contribution in [1.82, 2.24) is 14.9 Å². The normalized spacial score (nSPS) is 31.6. The molecular weight excluding hydrogens is 226 g/mol. The Balaban J connectivity index is 1.82. The van der Waals surface area contributed by atoms with Gasteiger partial charge in [0.15, 0.2) is 0 Å². The second kappa shape index (κ2) is 4.67. The van der Waals surface area contributed by atoms with Crippen molar-refractivity contribution in [2.45, 2.75) is 56.5 Å². The summed E-state index contributed by atoms with van der Waals surface area (Å²) in [5, 5.41) is 12.9. The molecule has 0 amide bonds. The Kier molecular flexibility index (Phi) is 3.16. The van der Waals surface area contributed by atoms with Gasteiger partial charge >= 0.3 is 0 Å². The van der Waals surface area contributed by atoms with Crippen LogP contribution in [0.15, 0.2) is 6.33 Å². The van der Waals surface area contributed by atoms with Crippen molar-refractivity contribution in [1.29, 1.82) is 0 Å². The van der Waals surface area contributed by atoms with Gasteiger partial charge in [-0.15, -0.1) is 0 Å². The van der Waals surface area contributed by atoms with E-state index in [4.69, 9.17) is 0 Å². The van der Waals surface area contributed by atoms with Crippen molar-refractivity contribution in [3.63, 3.8) is 0 Å². The molecule has 0 aromatic carbocycles. The minimum atomic E-state index is -0.0729. The summed E-state index contributed by atoms with van der Waals surface area (Å²) in [5.74, 6) is 0. The zero-order valence-corrected chi connectivity index (χ0v) is 11.2. The summed E-state index contributed by atoms with van der Waals surface area (Å²) in [6, 6.07) is 0.513. The van der Waals surface area contributed by atoms with E-state index in [-0.39, 0.29) is 12.1 Å². The highest BCUT2D eigenvalue weighted by molar-refractivity contribution is 5.18. The lowest BCUT2D eigenvalue weighted by molar-refractivity contribution is 0.168.